The van der Waals surface area contributed by atoms with Crippen LogP contribution in [0.5, 0.6) is 0 Å². The highest BCUT2D eigenvalue weighted by atomic mass is 35.5. The molecular formula is C22H24ClN5O3S. The van der Waals surface area contributed by atoms with Gasteiger partial charge in [0.25, 0.3) is 11.6 Å². The van der Waals surface area contributed by atoms with Gasteiger partial charge in [-0.05, 0) is 36.2 Å². The van der Waals surface area contributed by atoms with Gasteiger partial charge in [-0.1, -0.05) is 35.9 Å². The minimum atomic E-state index is -0.574. The average Bonchev–Trinajstić information content (AvgIpc) is 3.22. The zero-order chi connectivity index (χ0) is 22.7. The third-order valence-electron chi connectivity index (χ3n) is 5.61. The number of piperazine rings is 1. The molecule has 4 rings (SSSR count). The van der Waals surface area contributed by atoms with E-state index in [0.29, 0.717) is 13.1 Å². The number of aryl methyl sites for hydroxylation is 1. The van der Waals surface area contributed by atoms with Crippen molar-refractivity contribution in [3.8, 4) is 0 Å². The second-order valence-corrected chi connectivity index (χ2v) is 9.10. The number of fused-ring (bicyclic) bond motifs is 1. The third-order valence-corrected chi connectivity index (χ3v) is 6.92. The van der Waals surface area contributed by atoms with E-state index in [4.69, 9.17) is 16.6 Å². The van der Waals surface area contributed by atoms with Crippen LogP contribution in [0.25, 0.3) is 10.2 Å². The Balaban J connectivity index is 1.28. The first-order valence-electron chi connectivity index (χ1n) is 10.5. The Morgan fingerprint density at radius 3 is 2.72 bits per heavy atom. The van der Waals surface area contributed by atoms with E-state index in [0.717, 1.165) is 43.2 Å². The monoisotopic (exact) mass is 473 g/mol. The Morgan fingerprint density at radius 1 is 1.22 bits per heavy atom. The Labute approximate surface area is 194 Å². The number of anilines is 1. The Morgan fingerprint density at radius 2 is 2.00 bits per heavy atom. The van der Waals surface area contributed by atoms with Gasteiger partial charge in [-0.3, -0.25) is 19.8 Å². The number of carbonyl (C=O) groups excluding carboxylic acids is 1. The lowest BCUT2D eigenvalue weighted by Gasteiger charge is -2.34. The number of rotatable bonds is 7. The van der Waals surface area contributed by atoms with Gasteiger partial charge in [0.05, 0.1) is 15.1 Å². The van der Waals surface area contributed by atoms with Crippen molar-refractivity contribution in [2.24, 2.45) is 0 Å². The smallest absolute Gasteiger partial charge is 0.282 e. The zero-order valence-corrected chi connectivity index (χ0v) is 19.3. The van der Waals surface area contributed by atoms with Gasteiger partial charge in [-0.2, -0.15) is 0 Å². The molecule has 2 heterocycles. The summed E-state index contributed by atoms with van der Waals surface area (Å²) in [6.07, 6.45) is 1.02. The number of hydrogen-bond acceptors (Lipinski definition) is 7. The summed E-state index contributed by atoms with van der Waals surface area (Å²) in [4.78, 5) is 32.4. The fraction of sp³-hybridized carbons (Fsp3) is 0.364. The summed E-state index contributed by atoms with van der Waals surface area (Å²) >= 11 is 7.64. The molecule has 3 aromatic rings. The number of nitrogens with one attached hydrogen (secondary N) is 1. The molecule has 1 saturated heterocycles. The maximum atomic E-state index is 12.4. The summed E-state index contributed by atoms with van der Waals surface area (Å²) in [6, 6.07) is 10.4. The fourth-order valence-corrected chi connectivity index (χ4v) is 5.00. The number of thiazole rings is 1. The maximum absolute atomic E-state index is 12.4. The van der Waals surface area contributed by atoms with Gasteiger partial charge in [-0.15, -0.1) is 0 Å². The summed E-state index contributed by atoms with van der Waals surface area (Å²) in [7, 11) is 0. The van der Waals surface area contributed by atoms with Gasteiger partial charge in [-0.25, -0.2) is 4.98 Å². The molecule has 32 heavy (non-hydrogen) atoms. The van der Waals surface area contributed by atoms with E-state index < -0.39 is 10.8 Å². The molecule has 1 aliphatic rings. The molecule has 1 amide bonds. The molecule has 0 aliphatic carbocycles. The predicted molar refractivity (Wildman–Crippen MR) is 128 cm³/mol. The van der Waals surface area contributed by atoms with Crippen molar-refractivity contribution in [1.29, 1.82) is 0 Å². The Kier molecular flexibility index (Phi) is 6.88. The minimum Gasteiger partial charge on any atom is -0.351 e. The van der Waals surface area contributed by atoms with Crippen molar-refractivity contribution in [1.82, 2.24) is 15.2 Å². The molecule has 0 unspecified atom stereocenters. The molecule has 0 atom stereocenters. The van der Waals surface area contributed by atoms with E-state index in [9.17, 15) is 14.9 Å². The van der Waals surface area contributed by atoms with Crippen molar-refractivity contribution < 1.29 is 9.72 Å². The molecule has 1 aromatic heterocycles. The highest BCUT2D eigenvalue weighted by molar-refractivity contribution is 7.22. The predicted octanol–water partition coefficient (Wildman–Crippen LogP) is 3.97. The summed E-state index contributed by atoms with van der Waals surface area (Å²) in [5, 5.41) is 15.3. The molecule has 8 nitrogen and oxygen atoms in total. The molecule has 168 valence electrons. The van der Waals surface area contributed by atoms with Crippen LogP contribution in [0.15, 0.2) is 36.4 Å². The van der Waals surface area contributed by atoms with Gasteiger partial charge >= 0.3 is 0 Å². The number of hydrogen-bond donors (Lipinski definition) is 1. The van der Waals surface area contributed by atoms with Crippen LogP contribution in [0.2, 0.25) is 5.02 Å². The van der Waals surface area contributed by atoms with Crippen LogP contribution >= 0.6 is 22.9 Å². The highest BCUT2D eigenvalue weighted by Gasteiger charge is 2.22. The molecule has 1 fully saturated rings. The van der Waals surface area contributed by atoms with E-state index in [1.807, 2.05) is 0 Å². The second kappa shape index (κ2) is 9.81. The van der Waals surface area contributed by atoms with Gasteiger partial charge < -0.3 is 10.2 Å². The van der Waals surface area contributed by atoms with Crippen LogP contribution in [0.3, 0.4) is 0 Å². The number of nitro groups is 1. The topological polar surface area (TPSA) is 91.6 Å². The minimum absolute atomic E-state index is 0.0191. The maximum Gasteiger partial charge on any atom is 0.282 e. The number of carbonyl (C=O) groups is 1. The van der Waals surface area contributed by atoms with Crippen LogP contribution < -0.4 is 10.2 Å². The second-order valence-electron chi connectivity index (χ2n) is 7.66. The number of halogens is 1. The van der Waals surface area contributed by atoms with Crippen molar-refractivity contribution in [2.75, 3.05) is 44.2 Å². The summed E-state index contributed by atoms with van der Waals surface area (Å²) in [5.74, 6) is -0.487. The molecule has 0 radical (unpaired) electrons. The van der Waals surface area contributed by atoms with E-state index >= 15 is 0 Å². The van der Waals surface area contributed by atoms with Gasteiger partial charge in [0.2, 0.25) is 0 Å². The molecule has 0 bridgehead atoms. The zero-order valence-electron chi connectivity index (χ0n) is 17.7. The number of benzene rings is 2. The van der Waals surface area contributed by atoms with Crippen LogP contribution in [0, 0.1) is 10.1 Å². The summed E-state index contributed by atoms with van der Waals surface area (Å²) in [6.45, 7) is 6.70. The van der Waals surface area contributed by atoms with Crippen LogP contribution in [-0.2, 0) is 6.42 Å². The molecule has 0 spiro atoms. The van der Waals surface area contributed by atoms with E-state index in [1.54, 1.807) is 11.3 Å². The molecule has 1 N–H and O–H groups in total. The van der Waals surface area contributed by atoms with Crippen molar-refractivity contribution in [3.05, 3.63) is 62.7 Å². The SMILES string of the molecule is CCc1ccc2nc(N3CCN(CCNC(=O)c4cc(Cl)ccc4[N+](=O)[O-])CC3)sc2c1. The lowest BCUT2D eigenvalue weighted by molar-refractivity contribution is -0.385. The van der Waals surface area contributed by atoms with Crippen molar-refractivity contribution in [3.63, 3.8) is 0 Å². The largest absolute Gasteiger partial charge is 0.351 e. The number of aromatic nitrogens is 1. The molecule has 10 heteroatoms. The van der Waals surface area contributed by atoms with Crippen LogP contribution in [-0.4, -0.2) is 60.0 Å². The number of amides is 1. The third kappa shape index (κ3) is 5.01. The van der Waals surface area contributed by atoms with E-state index in [-0.39, 0.29) is 16.3 Å². The number of nitrogens with zero attached hydrogens (tertiary/aromatic N) is 4. The summed E-state index contributed by atoms with van der Waals surface area (Å²) in [5.41, 5.74) is 2.10. The number of nitro benzene ring substituents is 1. The molecule has 0 saturated carbocycles. The Bertz CT molecular complexity index is 1140. The lowest BCUT2D eigenvalue weighted by Crippen LogP contribution is -2.48. The molecular weight excluding hydrogens is 450 g/mol. The van der Waals surface area contributed by atoms with Crippen molar-refractivity contribution in [2.45, 2.75) is 13.3 Å². The van der Waals surface area contributed by atoms with Crippen LogP contribution in [0.1, 0.15) is 22.8 Å². The van der Waals surface area contributed by atoms with Gasteiger partial charge in [0.15, 0.2) is 5.13 Å². The first-order chi connectivity index (χ1) is 15.4. The fourth-order valence-electron chi connectivity index (χ4n) is 3.75. The van der Waals surface area contributed by atoms with E-state index in [1.165, 1.54) is 28.5 Å². The average molecular weight is 474 g/mol. The molecule has 1 aliphatic heterocycles. The lowest BCUT2D eigenvalue weighted by atomic mass is 10.1. The first-order valence-corrected chi connectivity index (χ1v) is 11.7. The standard InChI is InChI=1S/C22H24ClN5O3S/c1-2-15-3-5-18-20(13-15)32-22(25-18)27-11-9-26(10-12-27)8-7-24-21(29)17-14-16(23)4-6-19(17)28(30)31/h3-6,13-14H,2,7-12H2,1H3,(H,24,29). The Hall–Kier alpha value is -2.75. The normalized spacial score (nSPS) is 14.6. The van der Waals surface area contributed by atoms with Crippen molar-refractivity contribution >= 4 is 49.9 Å². The summed E-state index contributed by atoms with van der Waals surface area (Å²) < 4.78 is 1.22. The first kappa shape index (κ1) is 22.4. The van der Waals surface area contributed by atoms with Crippen LogP contribution in [0.4, 0.5) is 10.8 Å². The quantitative estimate of drug-likeness (QED) is 0.412. The van der Waals surface area contributed by atoms with Gasteiger partial charge in [0.1, 0.15) is 5.56 Å². The molecule has 2 aromatic carbocycles. The van der Waals surface area contributed by atoms with Gasteiger partial charge in [0, 0.05) is 50.4 Å². The highest BCUT2D eigenvalue weighted by Crippen LogP contribution is 2.30. The van der Waals surface area contributed by atoms with E-state index in [2.05, 4.69) is 40.2 Å².